The number of aromatic nitrogens is 2. The van der Waals surface area contributed by atoms with Crippen LogP contribution in [0.15, 0.2) is 22.8 Å². The Morgan fingerprint density at radius 3 is 3.12 bits per heavy atom. The molecule has 6 heteroatoms. The van der Waals surface area contributed by atoms with Crippen LogP contribution in [-0.2, 0) is 4.79 Å². The SMILES string of the molecule is CCC(Sc1ncnc2sccc12)C(=O)O. The number of hydrogen-bond donors (Lipinski definition) is 1. The highest BCUT2D eigenvalue weighted by Gasteiger charge is 2.18. The summed E-state index contributed by atoms with van der Waals surface area (Å²) in [6.45, 7) is 1.86. The number of aliphatic carboxylic acids is 1. The minimum atomic E-state index is -0.797. The first kappa shape index (κ1) is 11.3. The predicted molar refractivity (Wildman–Crippen MR) is 65.0 cm³/mol. The number of hydrogen-bond acceptors (Lipinski definition) is 5. The molecule has 0 spiro atoms. The number of nitrogens with zero attached hydrogens (tertiary/aromatic N) is 2. The largest absolute Gasteiger partial charge is 0.480 e. The molecule has 4 nitrogen and oxygen atoms in total. The van der Waals surface area contributed by atoms with E-state index in [0.29, 0.717) is 6.42 Å². The lowest BCUT2D eigenvalue weighted by Crippen LogP contribution is -2.14. The molecule has 84 valence electrons. The van der Waals surface area contributed by atoms with Crippen molar-refractivity contribution in [2.24, 2.45) is 0 Å². The lowest BCUT2D eigenvalue weighted by Gasteiger charge is -2.08. The first-order valence-corrected chi connectivity index (χ1v) is 6.56. The van der Waals surface area contributed by atoms with Gasteiger partial charge >= 0.3 is 5.97 Å². The van der Waals surface area contributed by atoms with Gasteiger partial charge in [0.2, 0.25) is 0 Å². The molecule has 0 aliphatic rings. The van der Waals surface area contributed by atoms with Crippen LogP contribution in [0.5, 0.6) is 0 Å². The van der Waals surface area contributed by atoms with Crippen LogP contribution >= 0.6 is 23.1 Å². The topological polar surface area (TPSA) is 63.1 Å². The van der Waals surface area contributed by atoms with Crippen molar-refractivity contribution in [3.8, 4) is 0 Å². The molecule has 0 aromatic carbocycles. The Morgan fingerprint density at radius 1 is 1.62 bits per heavy atom. The van der Waals surface area contributed by atoms with E-state index in [1.807, 2.05) is 18.4 Å². The third-order valence-electron chi connectivity index (χ3n) is 2.13. The maximum absolute atomic E-state index is 10.9. The molecule has 0 radical (unpaired) electrons. The van der Waals surface area contributed by atoms with E-state index in [-0.39, 0.29) is 0 Å². The van der Waals surface area contributed by atoms with Gasteiger partial charge in [0.15, 0.2) is 0 Å². The van der Waals surface area contributed by atoms with Crippen LogP contribution in [0.4, 0.5) is 0 Å². The number of thiophene rings is 1. The van der Waals surface area contributed by atoms with Gasteiger partial charge in [-0.1, -0.05) is 18.7 Å². The molecule has 0 bridgehead atoms. The van der Waals surface area contributed by atoms with Gasteiger partial charge in [0.1, 0.15) is 21.4 Å². The van der Waals surface area contributed by atoms with E-state index in [0.717, 1.165) is 15.2 Å². The molecule has 2 aromatic heterocycles. The highest BCUT2D eigenvalue weighted by molar-refractivity contribution is 8.00. The summed E-state index contributed by atoms with van der Waals surface area (Å²) in [7, 11) is 0. The van der Waals surface area contributed by atoms with E-state index in [4.69, 9.17) is 5.11 Å². The summed E-state index contributed by atoms with van der Waals surface area (Å²) in [5, 5.41) is 12.2. The molecule has 16 heavy (non-hydrogen) atoms. The Labute approximate surface area is 101 Å². The van der Waals surface area contributed by atoms with E-state index in [2.05, 4.69) is 9.97 Å². The Morgan fingerprint density at radius 2 is 2.44 bits per heavy atom. The van der Waals surface area contributed by atoms with Crippen molar-refractivity contribution in [3.05, 3.63) is 17.8 Å². The summed E-state index contributed by atoms with van der Waals surface area (Å²) in [5.41, 5.74) is 0. The third kappa shape index (κ3) is 2.17. The van der Waals surface area contributed by atoms with Crippen LogP contribution in [0.3, 0.4) is 0 Å². The van der Waals surface area contributed by atoms with Gasteiger partial charge in [-0.3, -0.25) is 4.79 Å². The normalized spacial score (nSPS) is 12.8. The molecule has 2 heterocycles. The minimum absolute atomic E-state index is 0.446. The predicted octanol–water partition coefficient (Wildman–Crippen LogP) is 2.65. The highest BCUT2D eigenvalue weighted by Crippen LogP contribution is 2.31. The lowest BCUT2D eigenvalue weighted by atomic mass is 10.3. The zero-order valence-electron chi connectivity index (χ0n) is 8.58. The lowest BCUT2D eigenvalue weighted by molar-refractivity contribution is -0.136. The smallest absolute Gasteiger partial charge is 0.317 e. The molecule has 0 saturated carbocycles. The maximum Gasteiger partial charge on any atom is 0.317 e. The number of carbonyl (C=O) groups is 1. The van der Waals surface area contributed by atoms with Gasteiger partial charge in [-0.15, -0.1) is 11.3 Å². The van der Waals surface area contributed by atoms with E-state index >= 15 is 0 Å². The number of rotatable bonds is 4. The van der Waals surface area contributed by atoms with Crippen LogP contribution < -0.4 is 0 Å². The molecule has 1 N–H and O–H groups in total. The second-order valence-corrected chi connectivity index (χ2v) is 5.26. The first-order valence-electron chi connectivity index (χ1n) is 4.80. The fourth-order valence-electron chi connectivity index (χ4n) is 1.30. The Balaban J connectivity index is 2.33. The minimum Gasteiger partial charge on any atom is -0.480 e. The highest BCUT2D eigenvalue weighted by atomic mass is 32.2. The number of carboxylic acid groups (broad SMARTS) is 1. The number of carboxylic acids is 1. The molecule has 2 aromatic rings. The van der Waals surface area contributed by atoms with E-state index in [1.165, 1.54) is 29.4 Å². The van der Waals surface area contributed by atoms with Crippen LogP contribution in [0.1, 0.15) is 13.3 Å². The molecular formula is C10H10N2O2S2. The number of thioether (sulfide) groups is 1. The molecule has 0 aliphatic carbocycles. The fraction of sp³-hybridized carbons (Fsp3) is 0.300. The zero-order valence-corrected chi connectivity index (χ0v) is 10.2. The van der Waals surface area contributed by atoms with Crippen LogP contribution in [-0.4, -0.2) is 26.3 Å². The monoisotopic (exact) mass is 254 g/mol. The van der Waals surface area contributed by atoms with E-state index in [1.54, 1.807) is 0 Å². The van der Waals surface area contributed by atoms with Crippen LogP contribution in [0.2, 0.25) is 0 Å². The molecule has 0 saturated heterocycles. The molecule has 2 rings (SSSR count). The van der Waals surface area contributed by atoms with Gasteiger partial charge in [0.05, 0.1) is 0 Å². The maximum atomic E-state index is 10.9. The van der Waals surface area contributed by atoms with Crippen molar-refractivity contribution in [1.82, 2.24) is 9.97 Å². The number of fused-ring (bicyclic) bond motifs is 1. The van der Waals surface area contributed by atoms with E-state index < -0.39 is 11.2 Å². The van der Waals surface area contributed by atoms with Gasteiger partial charge < -0.3 is 5.11 Å². The molecule has 0 amide bonds. The summed E-state index contributed by atoms with van der Waals surface area (Å²) >= 11 is 2.82. The Bertz CT molecular complexity index is 512. The quantitative estimate of drug-likeness (QED) is 0.671. The fourth-order valence-corrected chi connectivity index (χ4v) is 3.04. The summed E-state index contributed by atoms with van der Waals surface area (Å²) in [6.07, 6.45) is 2.06. The average molecular weight is 254 g/mol. The van der Waals surface area contributed by atoms with Gasteiger partial charge in [0.25, 0.3) is 0 Å². The molecular weight excluding hydrogens is 244 g/mol. The second-order valence-electron chi connectivity index (χ2n) is 3.17. The van der Waals surface area contributed by atoms with Crippen molar-refractivity contribution < 1.29 is 9.90 Å². The molecule has 0 aliphatic heterocycles. The van der Waals surface area contributed by atoms with Gasteiger partial charge in [-0.25, -0.2) is 9.97 Å². The third-order valence-corrected chi connectivity index (χ3v) is 4.31. The van der Waals surface area contributed by atoms with E-state index in [9.17, 15) is 4.79 Å². The average Bonchev–Trinajstić information content (AvgIpc) is 2.73. The summed E-state index contributed by atoms with van der Waals surface area (Å²) < 4.78 is 0. The molecule has 1 atom stereocenters. The summed E-state index contributed by atoms with van der Waals surface area (Å²) in [4.78, 5) is 20.1. The summed E-state index contributed by atoms with van der Waals surface area (Å²) in [6, 6.07) is 1.93. The van der Waals surface area contributed by atoms with Crippen molar-refractivity contribution in [1.29, 1.82) is 0 Å². The van der Waals surface area contributed by atoms with Crippen LogP contribution in [0.25, 0.3) is 10.2 Å². The van der Waals surface area contributed by atoms with Gasteiger partial charge in [-0.05, 0) is 17.9 Å². The van der Waals surface area contributed by atoms with Crippen molar-refractivity contribution in [3.63, 3.8) is 0 Å². The standard InChI is InChI=1S/C10H10N2O2S2/c1-2-7(10(13)14)16-9-6-3-4-15-8(6)11-5-12-9/h3-5,7H,2H2,1H3,(H,13,14). The molecule has 1 unspecified atom stereocenters. The molecule has 0 fully saturated rings. The second kappa shape index (κ2) is 4.80. The first-order chi connectivity index (χ1) is 7.72. The zero-order chi connectivity index (χ0) is 11.5. The van der Waals surface area contributed by atoms with Gasteiger partial charge in [0, 0.05) is 5.39 Å². The Hall–Kier alpha value is -1.14. The summed E-state index contributed by atoms with van der Waals surface area (Å²) in [5.74, 6) is -0.797. The van der Waals surface area contributed by atoms with Crippen molar-refractivity contribution in [2.45, 2.75) is 23.6 Å². The van der Waals surface area contributed by atoms with Crippen LogP contribution in [0, 0.1) is 0 Å². The van der Waals surface area contributed by atoms with Crippen molar-refractivity contribution >= 4 is 39.3 Å². The van der Waals surface area contributed by atoms with Crippen molar-refractivity contribution in [2.75, 3.05) is 0 Å². The van der Waals surface area contributed by atoms with Gasteiger partial charge in [-0.2, -0.15) is 0 Å². The Kier molecular flexibility index (Phi) is 3.40.